The Hall–Kier alpha value is -2.72. The maximum atomic E-state index is 9.51. The fraction of sp³-hybridized carbons (Fsp3) is 0.545. The van der Waals surface area contributed by atoms with Gasteiger partial charge in [0.25, 0.3) is 0 Å². The lowest BCUT2D eigenvalue weighted by Gasteiger charge is -2.53. The zero-order chi connectivity index (χ0) is 19.8. The third-order valence-electron chi connectivity index (χ3n) is 6.95. The number of hydrogen-bond acceptors (Lipinski definition) is 5. The van der Waals surface area contributed by atoms with Gasteiger partial charge in [-0.15, -0.1) is 0 Å². The van der Waals surface area contributed by atoms with Crippen LogP contribution in [0.4, 0.5) is 0 Å². The van der Waals surface area contributed by atoms with Gasteiger partial charge in [0.1, 0.15) is 17.5 Å². The lowest BCUT2D eigenvalue weighted by molar-refractivity contribution is -0.0420. The van der Waals surface area contributed by atoms with Crippen molar-refractivity contribution in [3.63, 3.8) is 0 Å². The van der Waals surface area contributed by atoms with E-state index in [4.69, 9.17) is 0 Å². The number of nitrogens with zero attached hydrogens (tertiary/aromatic N) is 6. The number of fused-ring (bicyclic) bond motifs is 1. The van der Waals surface area contributed by atoms with Gasteiger partial charge in [0.2, 0.25) is 0 Å². The van der Waals surface area contributed by atoms with E-state index in [9.17, 15) is 5.26 Å². The minimum absolute atomic E-state index is 0.226. The zero-order valence-corrected chi connectivity index (χ0v) is 16.9. The van der Waals surface area contributed by atoms with Crippen LogP contribution in [0.25, 0.3) is 22.3 Å². The summed E-state index contributed by atoms with van der Waals surface area (Å²) in [4.78, 5) is 14.5. The second-order valence-corrected chi connectivity index (χ2v) is 8.69. The highest BCUT2D eigenvalue weighted by Crippen LogP contribution is 2.39. The summed E-state index contributed by atoms with van der Waals surface area (Å²) in [5, 5.41) is 15.2. The van der Waals surface area contributed by atoms with E-state index >= 15 is 0 Å². The molecule has 1 aliphatic heterocycles. The second kappa shape index (κ2) is 7.27. The fourth-order valence-corrected chi connectivity index (χ4v) is 5.22. The van der Waals surface area contributed by atoms with E-state index in [1.165, 1.54) is 32.1 Å². The Labute approximate surface area is 170 Å². The van der Waals surface area contributed by atoms with Crippen LogP contribution in [0.5, 0.6) is 0 Å². The van der Waals surface area contributed by atoms with E-state index in [0.29, 0.717) is 12.5 Å². The topological polar surface area (TPSA) is 86.4 Å². The molecule has 7 nitrogen and oxygen atoms in total. The predicted molar refractivity (Wildman–Crippen MR) is 111 cm³/mol. The molecular formula is C22H27N7. The van der Waals surface area contributed by atoms with Crippen LogP contribution in [0.3, 0.4) is 0 Å². The van der Waals surface area contributed by atoms with Crippen LogP contribution in [-0.2, 0) is 5.54 Å². The van der Waals surface area contributed by atoms with Crippen molar-refractivity contribution in [2.45, 2.75) is 57.0 Å². The minimum Gasteiger partial charge on any atom is -0.346 e. The van der Waals surface area contributed by atoms with Gasteiger partial charge in [0.05, 0.1) is 24.4 Å². The third-order valence-corrected chi connectivity index (χ3v) is 6.95. The highest BCUT2D eigenvalue weighted by atomic mass is 15.4. The molecule has 150 valence electrons. The van der Waals surface area contributed by atoms with Crippen molar-refractivity contribution in [1.82, 2.24) is 29.6 Å². The molecule has 1 N–H and O–H groups in total. The maximum absolute atomic E-state index is 9.51. The average Bonchev–Trinajstić information content (AvgIpc) is 3.40. The number of rotatable bonds is 5. The van der Waals surface area contributed by atoms with E-state index in [-0.39, 0.29) is 5.54 Å². The minimum atomic E-state index is -0.226. The summed E-state index contributed by atoms with van der Waals surface area (Å²) in [5.74, 6) is 0.859. The average molecular weight is 390 g/mol. The molecule has 2 unspecified atom stereocenters. The summed E-state index contributed by atoms with van der Waals surface area (Å²) in [6, 6.07) is 5.06. The van der Waals surface area contributed by atoms with Gasteiger partial charge in [-0.25, -0.2) is 9.97 Å². The Bertz CT molecular complexity index is 1040. The highest BCUT2D eigenvalue weighted by molar-refractivity contribution is 5.89. The summed E-state index contributed by atoms with van der Waals surface area (Å²) in [6.07, 6.45) is 14.4. The first-order valence-electron chi connectivity index (χ1n) is 10.7. The van der Waals surface area contributed by atoms with E-state index in [1.54, 1.807) is 6.33 Å². The van der Waals surface area contributed by atoms with Crippen molar-refractivity contribution in [1.29, 1.82) is 5.26 Å². The van der Waals surface area contributed by atoms with E-state index in [0.717, 1.165) is 41.3 Å². The van der Waals surface area contributed by atoms with Gasteiger partial charge in [-0.3, -0.25) is 9.58 Å². The van der Waals surface area contributed by atoms with Crippen molar-refractivity contribution >= 4 is 11.0 Å². The normalized spacial score (nSPS) is 24.3. The molecule has 0 bridgehead atoms. The first-order valence-corrected chi connectivity index (χ1v) is 10.7. The quantitative estimate of drug-likeness (QED) is 0.719. The smallest absolute Gasteiger partial charge is 0.141 e. The van der Waals surface area contributed by atoms with Gasteiger partial charge in [-0.1, -0.05) is 26.2 Å². The van der Waals surface area contributed by atoms with Gasteiger partial charge in [-0.2, -0.15) is 10.4 Å². The molecule has 29 heavy (non-hydrogen) atoms. The largest absolute Gasteiger partial charge is 0.346 e. The zero-order valence-electron chi connectivity index (χ0n) is 16.9. The van der Waals surface area contributed by atoms with Crippen LogP contribution in [0.15, 0.2) is 31.0 Å². The van der Waals surface area contributed by atoms with Gasteiger partial charge in [-0.05, 0) is 24.8 Å². The number of aromatic nitrogens is 5. The first kappa shape index (κ1) is 18.3. The molecular weight excluding hydrogens is 362 g/mol. The van der Waals surface area contributed by atoms with Crippen LogP contribution in [0, 0.1) is 17.2 Å². The molecule has 3 aromatic rings. The third kappa shape index (κ3) is 3.12. The highest BCUT2D eigenvalue weighted by Gasteiger charge is 2.48. The number of likely N-dealkylation sites (tertiary alicyclic amines) is 1. The van der Waals surface area contributed by atoms with Crippen molar-refractivity contribution in [2.24, 2.45) is 5.92 Å². The molecule has 1 aliphatic carbocycles. The summed E-state index contributed by atoms with van der Waals surface area (Å²) in [7, 11) is 0. The molecule has 5 rings (SSSR count). The molecule has 3 aromatic heterocycles. The van der Waals surface area contributed by atoms with Crippen LogP contribution < -0.4 is 0 Å². The molecule has 0 amide bonds. The Morgan fingerprint density at radius 1 is 1.31 bits per heavy atom. The molecule has 0 aromatic carbocycles. The first-order chi connectivity index (χ1) is 14.2. The summed E-state index contributed by atoms with van der Waals surface area (Å²) in [5.41, 5.74) is 2.45. The molecule has 2 fully saturated rings. The summed E-state index contributed by atoms with van der Waals surface area (Å²) < 4.78 is 2.02. The maximum Gasteiger partial charge on any atom is 0.141 e. The van der Waals surface area contributed by atoms with Gasteiger partial charge in [0, 0.05) is 42.5 Å². The van der Waals surface area contributed by atoms with Gasteiger partial charge in [0.15, 0.2) is 0 Å². The van der Waals surface area contributed by atoms with Crippen LogP contribution in [0.2, 0.25) is 0 Å². The molecule has 7 heteroatoms. The summed E-state index contributed by atoms with van der Waals surface area (Å²) >= 11 is 0. The van der Waals surface area contributed by atoms with Crippen LogP contribution in [0.1, 0.15) is 45.4 Å². The molecule has 1 saturated carbocycles. The van der Waals surface area contributed by atoms with Crippen LogP contribution in [-0.4, -0.2) is 48.8 Å². The summed E-state index contributed by atoms with van der Waals surface area (Å²) in [6.45, 7) is 4.13. The lowest BCUT2D eigenvalue weighted by atomic mass is 9.78. The Morgan fingerprint density at radius 2 is 2.21 bits per heavy atom. The Balaban J connectivity index is 1.38. The van der Waals surface area contributed by atoms with Gasteiger partial charge < -0.3 is 4.98 Å². The molecule has 1 saturated heterocycles. The number of hydrogen-bond donors (Lipinski definition) is 1. The van der Waals surface area contributed by atoms with E-state index < -0.39 is 0 Å². The van der Waals surface area contributed by atoms with Crippen molar-refractivity contribution in [2.75, 3.05) is 13.1 Å². The fourth-order valence-electron chi connectivity index (χ4n) is 5.22. The van der Waals surface area contributed by atoms with Crippen molar-refractivity contribution < 1.29 is 0 Å². The second-order valence-electron chi connectivity index (χ2n) is 8.69. The van der Waals surface area contributed by atoms with Crippen molar-refractivity contribution in [3.05, 3.63) is 31.0 Å². The van der Waals surface area contributed by atoms with Gasteiger partial charge >= 0.3 is 0 Å². The standard InChI is InChI=1S/C22H27N7/c1-2-16-4-3-5-18(10-16)28-13-22(14-28,7-8-23)29-12-17(11-27-29)20-19-6-9-24-21(19)26-15-25-20/h6,9,11-12,15-16,18H,2-5,7,10,13-14H2,1H3,(H,24,25,26). The molecule has 0 radical (unpaired) electrons. The van der Waals surface area contributed by atoms with Crippen LogP contribution >= 0.6 is 0 Å². The number of nitriles is 1. The number of nitrogens with one attached hydrogen (secondary N) is 1. The Morgan fingerprint density at radius 3 is 3.03 bits per heavy atom. The molecule has 4 heterocycles. The predicted octanol–water partition coefficient (Wildman–Crippen LogP) is 3.71. The monoisotopic (exact) mass is 389 g/mol. The Kier molecular flexibility index (Phi) is 4.59. The molecule has 2 atom stereocenters. The van der Waals surface area contributed by atoms with Crippen molar-refractivity contribution in [3.8, 4) is 17.3 Å². The number of H-pyrrole nitrogens is 1. The van der Waals surface area contributed by atoms with E-state index in [2.05, 4.69) is 44.1 Å². The number of aromatic amines is 1. The molecule has 2 aliphatic rings. The SMILES string of the molecule is CCC1CCCC(N2CC(CC#N)(n3cc(-c4ncnc5[nH]ccc45)cn3)C2)C1. The lowest BCUT2D eigenvalue weighted by Crippen LogP contribution is -2.65. The van der Waals surface area contributed by atoms with E-state index in [1.807, 2.05) is 23.1 Å². The molecule has 0 spiro atoms.